The van der Waals surface area contributed by atoms with Crippen molar-refractivity contribution in [1.82, 2.24) is 5.32 Å². The van der Waals surface area contributed by atoms with E-state index in [9.17, 15) is 4.91 Å². The van der Waals surface area contributed by atoms with Crippen LogP contribution >= 0.6 is 0 Å². The molecule has 24 heavy (non-hydrogen) atoms. The van der Waals surface area contributed by atoms with Gasteiger partial charge in [0.1, 0.15) is 0 Å². The lowest BCUT2D eigenvalue weighted by molar-refractivity contribution is 0.502. The summed E-state index contributed by atoms with van der Waals surface area (Å²) in [6, 6.07) is 0. The van der Waals surface area contributed by atoms with Crippen LogP contribution in [0.1, 0.15) is 110 Å². The van der Waals surface area contributed by atoms with Crippen molar-refractivity contribution in [1.29, 1.82) is 0 Å². The molecule has 0 aromatic heterocycles. The van der Waals surface area contributed by atoms with Crippen molar-refractivity contribution in [2.45, 2.75) is 110 Å². The molecule has 3 heteroatoms. The Morgan fingerprint density at radius 3 is 1.50 bits per heavy atom. The van der Waals surface area contributed by atoms with E-state index in [4.69, 9.17) is 0 Å². The molecule has 0 aromatic carbocycles. The molecular weight excluding hydrogens is 296 g/mol. The number of rotatable bonds is 20. The summed E-state index contributed by atoms with van der Waals surface area (Å²) in [5, 5.41) is 6.23. The summed E-state index contributed by atoms with van der Waals surface area (Å²) in [7, 11) is 0. The minimum absolute atomic E-state index is 0.450. The molecule has 0 radical (unpaired) electrons. The molecule has 0 atom stereocenters. The van der Waals surface area contributed by atoms with Gasteiger partial charge < -0.3 is 5.32 Å². The second-order valence-corrected chi connectivity index (χ2v) is 7.73. The first kappa shape index (κ1) is 23.6. The molecule has 0 saturated heterocycles. The molecule has 0 saturated carbocycles. The van der Waals surface area contributed by atoms with Gasteiger partial charge in [0.25, 0.3) is 0 Å². The van der Waals surface area contributed by atoms with Gasteiger partial charge in [-0.3, -0.25) is 0 Å². The summed E-state index contributed by atoms with van der Waals surface area (Å²) in [5.41, 5.74) is 0. The van der Waals surface area contributed by atoms with E-state index < -0.39 is 0 Å². The van der Waals surface area contributed by atoms with Crippen molar-refractivity contribution in [3.8, 4) is 0 Å². The first-order valence-corrected chi connectivity index (χ1v) is 10.8. The Kier molecular flexibility index (Phi) is 20.2. The highest BCUT2D eigenvalue weighted by atomic mass is 16.3. The summed E-state index contributed by atoms with van der Waals surface area (Å²) in [6.45, 7) is 7.13. The maximum Gasteiger partial charge on any atom is 0.0823 e. The molecule has 0 rings (SSSR count). The highest BCUT2D eigenvalue weighted by Gasteiger charge is 1.96. The molecular formula is C21H44N2O. The first-order valence-electron chi connectivity index (χ1n) is 10.8. The fourth-order valence-corrected chi connectivity index (χ4v) is 3.14. The minimum atomic E-state index is 0.450. The number of nitroso groups, excluding NO2 is 1. The van der Waals surface area contributed by atoms with Crippen molar-refractivity contribution in [3.05, 3.63) is 4.91 Å². The fourth-order valence-electron chi connectivity index (χ4n) is 3.14. The van der Waals surface area contributed by atoms with Crippen LogP contribution in [-0.2, 0) is 0 Å². The zero-order valence-corrected chi connectivity index (χ0v) is 16.7. The minimum Gasteiger partial charge on any atom is -0.317 e. The summed E-state index contributed by atoms with van der Waals surface area (Å²) < 4.78 is 0. The van der Waals surface area contributed by atoms with Crippen LogP contribution in [0.15, 0.2) is 5.18 Å². The van der Waals surface area contributed by atoms with Crippen LogP contribution in [0.2, 0.25) is 0 Å². The quantitative estimate of drug-likeness (QED) is 0.194. The van der Waals surface area contributed by atoms with Crippen molar-refractivity contribution < 1.29 is 0 Å². The number of hydrogen-bond donors (Lipinski definition) is 1. The molecule has 0 aliphatic heterocycles. The molecule has 0 amide bonds. The third-order valence-electron chi connectivity index (χ3n) is 4.74. The van der Waals surface area contributed by atoms with Gasteiger partial charge in [0.2, 0.25) is 0 Å². The van der Waals surface area contributed by atoms with Crippen molar-refractivity contribution >= 4 is 0 Å². The van der Waals surface area contributed by atoms with Crippen molar-refractivity contribution in [2.24, 2.45) is 11.1 Å². The average molecular weight is 341 g/mol. The van der Waals surface area contributed by atoms with Crippen molar-refractivity contribution in [2.75, 3.05) is 19.6 Å². The molecule has 0 spiro atoms. The summed E-state index contributed by atoms with van der Waals surface area (Å²) in [5.74, 6) is 0.882. The predicted molar refractivity (Wildman–Crippen MR) is 108 cm³/mol. The standard InChI is InChI=1S/C21H44N2O/c1-21(2)17-14-12-10-8-6-4-3-5-7-9-11-13-15-18-22-19-16-20-23-24/h21-22H,3-20H2,1-2H3. The van der Waals surface area contributed by atoms with E-state index >= 15 is 0 Å². The maximum atomic E-state index is 9.92. The van der Waals surface area contributed by atoms with Crippen LogP contribution in [0.3, 0.4) is 0 Å². The normalized spacial score (nSPS) is 11.3. The second-order valence-electron chi connectivity index (χ2n) is 7.73. The van der Waals surface area contributed by atoms with Gasteiger partial charge in [-0.05, 0) is 31.8 Å². The third-order valence-corrected chi connectivity index (χ3v) is 4.74. The number of nitrogens with one attached hydrogen (secondary N) is 1. The lowest BCUT2D eigenvalue weighted by atomic mass is 10.0. The van der Waals surface area contributed by atoms with Crippen LogP contribution in [0.25, 0.3) is 0 Å². The highest BCUT2D eigenvalue weighted by Crippen LogP contribution is 2.14. The molecule has 3 nitrogen and oxygen atoms in total. The van der Waals surface area contributed by atoms with E-state index in [-0.39, 0.29) is 0 Å². The van der Waals surface area contributed by atoms with E-state index in [0.717, 1.165) is 25.4 Å². The van der Waals surface area contributed by atoms with Crippen LogP contribution in [0, 0.1) is 10.8 Å². The van der Waals surface area contributed by atoms with Crippen LogP contribution in [0.5, 0.6) is 0 Å². The van der Waals surface area contributed by atoms with E-state index in [1.54, 1.807) is 0 Å². The van der Waals surface area contributed by atoms with Gasteiger partial charge in [-0.15, -0.1) is 0 Å². The molecule has 144 valence electrons. The largest absolute Gasteiger partial charge is 0.317 e. The zero-order chi connectivity index (χ0) is 17.7. The van der Waals surface area contributed by atoms with Crippen molar-refractivity contribution in [3.63, 3.8) is 0 Å². The molecule has 0 bridgehead atoms. The summed E-state index contributed by atoms with van der Waals surface area (Å²) >= 11 is 0. The Labute approximate surface area is 151 Å². The molecule has 0 aromatic rings. The Morgan fingerprint density at radius 1 is 0.625 bits per heavy atom. The SMILES string of the molecule is CC(C)CCCCCCCCCCCCCCCNCCCN=O. The van der Waals surface area contributed by atoms with E-state index in [2.05, 4.69) is 24.3 Å². The molecule has 0 aliphatic carbocycles. The van der Waals surface area contributed by atoms with E-state index in [1.165, 1.54) is 89.9 Å². The maximum absolute atomic E-state index is 9.92. The number of unbranched alkanes of at least 4 members (excludes halogenated alkanes) is 12. The Hall–Kier alpha value is -0.440. The summed E-state index contributed by atoms with van der Waals surface area (Å²) in [6.07, 6.45) is 20.7. The Bertz CT molecular complexity index is 244. The topological polar surface area (TPSA) is 41.5 Å². The van der Waals surface area contributed by atoms with Gasteiger partial charge in [-0.1, -0.05) is 102 Å². The van der Waals surface area contributed by atoms with Gasteiger partial charge in [-0.2, -0.15) is 4.91 Å². The second kappa shape index (κ2) is 20.6. The molecule has 0 unspecified atom stereocenters. The van der Waals surface area contributed by atoms with Crippen LogP contribution in [0.4, 0.5) is 0 Å². The van der Waals surface area contributed by atoms with Gasteiger partial charge in [0.15, 0.2) is 0 Å². The van der Waals surface area contributed by atoms with Gasteiger partial charge in [0, 0.05) is 0 Å². The lowest BCUT2D eigenvalue weighted by Gasteiger charge is -2.05. The van der Waals surface area contributed by atoms with E-state index in [0.29, 0.717) is 6.54 Å². The third kappa shape index (κ3) is 21.6. The number of nitrogens with zero attached hydrogens (tertiary/aromatic N) is 1. The molecule has 0 aliphatic rings. The van der Waals surface area contributed by atoms with Gasteiger partial charge in [-0.25, -0.2) is 0 Å². The van der Waals surface area contributed by atoms with Gasteiger partial charge in [0.05, 0.1) is 6.54 Å². The Balaban J connectivity index is 2.97. The summed E-state index contributed by atoms with van der Waals surface area (Å²) in [4.78, 5) is 9.92. The molecule has 0 heterocycles. The lowest BCUT2D eigenvalue weighted by Crippen LogP contribution is -2.17. The highest BCUT2D eigenvalue weighted by molar-refractivity contribution is 4.53. The van der Waals surface area contributed by atoms with Gasteiger partial charge >= 0.3 is 0 Å². The first-order chi connectivity index (χ1) is 11.8. The molecule has 1 N–H and O–H groups in total. The Morgan fingerprint density at radius 2 is 1.04 bits per heavy atom. The smallest absolute Gasteiger partial charge is 0.0823 e. The fraction of sp³-hybridized carbons (Fsp3) is 1.00. The van der Waals surface area contributed by atoms with E-state index in [1.807, 2.05) is 0 Å². The monoisotopic (exact) mass is 340 g/mol. The zero-order valence-electron chi connectivity index (χ0n) is 16.7. The number of hydrogen-bond acceptors (Lipinski definition) is 3. The predicted octanol–water partition coefficient (Wildman–Crippen LogP) is 6.85. The molecule has 0 fully saturated rings. The van der Waals surface area contributed by atoms with Crippen LogP contribution in [-0.4, -0.2) is 19.6 Å². The average Bonchev–Trinajstić information content (AvgIpc) is 2.56. The van der Waals surface area contributed by atoms with Crippen LogP contribution < -0.4 is 5.32 Å².